The molecule has 1 heterocycles. The van der Waals surface area contributed by atoms with E-state index in [-0.39, 0.29) is 29.6 Å². The molecule has 0 aliphatic carbocycles. The summed E-state index contributed by atoms with van der Waals surface area (Å²) < 4.78 is 18.0. The Morgan fingerprint density at radius 3 is 2.55 bits per heavy atom. The number of carbonyl (C=O) groups is 1. The number of methoxy groups -OCH3 is 1. The minimum Gasteiger partial charge on any atom is -0.496 e. The fourth-order valence-electron chi connectivity index (χ4n) is 3.59. The van der Waals surface area contributed by atoms with E-state index in [1.54, 1.807) is 6.07 Å². The van der Waals surface area contributed by atoms with Gasteiger partial charge >= 0.3 is 0 Å². The Morgan fingerprint density at radius 2 is 1.93 bits per heavy atom. The molecule has 0 bridgehead atoms. The lowest BCUT2D eigenvalue weighted by Crippen LogP contribution is -2.39. The highest BCUT2D eigenvalue weighted by Gasteiger charge is 2.23. The van der Waals surface area contributed by atoms with Gasteiger partial charge in [0.2, 0.25) is 5.91 Å². The van der Waals surface area contributed by atoms with Crippen molar-refractivity contribution in [2.45, 2.75) is 19.3 Å². The summed E-state index contributed by atoms with van der Waals surface area (Å²) in [4.78, 5) is 25.1. The van der Waals surface area contributed by atoms with Crippen LogP contribution in [0.15, 0.2) is 42.5 Å². The van der Waals surface area contributed by atoms with Crippen molar-refractivity contribution in [2.24, 2.45) is 5.92 Å². The summed E-state index contributed by atoms with van der Waals surface area (Å²) >= 11 is 0. The Labute approximate surface area is 168 Å². The van der Waals surface area contributed by atoms with E-state index in [1.165, 1.54) is 31.4 Å². The van der Waals surface area contributed by atoms with Crippen LogP contribution in [0.25, 0.3) is 0 Å². The van der Waals surface area contributed by atoms with Crippen molar-refractivity contribution in [2.75, 3.05) is 32.1 Å². The maximum atomic E-state index is 13.0. The van der Waals surface area contributed by atoms with Crippen LogP contribution in [0.1, 0.15) is 18.4 Å². The summed E-state index contributed by atoms with van der Waals surface area (Å²) in [7, 11) is 1.43. The molecule has 1 N–H and O–H groups in total. The molecule has 0 spiro atoms. The fraction of sp³-hybridized carbons (Fsp3) is 0.381. The molecular formula is C21H24FN3O4. The average molecular weight is 401 g/mol. The molecule has 1 amide bonds. The van der Waals surface area contributed by atoms with Crippen LogP contribution in [0, 0.1) is 21.8 Å². The van der Waals surface area contributed by atoms with E-state index in [4.69, 9.17) is 4.74 Å². The Morgan fingerprint density at radius 1 is 1.24 bits per heavy atom. The van der Waals surface area contributed by atoms with Crippen LogP contribution >= 0.6 is 0 Å². The first-order chi connectivity index (χ1) is 13.9. The average Bonchev–Trinajstić information content (AvgIpc) is 2.71. The molecule has 1 aliphatic rings. The summed E-state index contributed by atoms with van der Waals surface area (Å²) in [6, 6.07) is 10.9. The smallest absolute Gasteiger partial charge is 0.296 e. The molecule has 1 saturated heterocycles. The first-order valence-electron chi connectivity index (χ1n) is 9.53. The van der Waals surface area contributed by atoms with Gasteiger partial charge in [0.15, 0.2) is 0 Å². The van der Waals surface area contributed by atoms with Gasteiger partial charge < -0.3 is 10.1 Å². The number of piperidine rings is 1. The molecule has 0 unspecified atom stereocenters. The Hall–Kier alpha value is -3.00. The Kier molecular flexibility index (Phi) is 6.77. The van der Waals surface area contributed by atoms with Crippen molar-refractivity contribution in [1.82, 2.24) is 4.90 Å². The zero-order valence-corrected chi connectivity index (χ0v) is 16.3. The number of halogens is 1. The standard InChI is InChI=1S/C21H24FN3O4/c1-29-18-6-7-19(20(13-18)25(27)28)23-21(26)14-24-10-8-16(9-11-24)12-15-2-4-17(22)5-3-15/h2-7,13,16H,8-12,14H2,1H3,(H,23,26). The van der Waals surface area contributed by atoms with Gasteiger partial charge in [-0.05, 0) is 68.1 Å². The summed E-state index contributed by atoms with van der Waals surface area (Å²) in [6.07, 6.45) is 2.80. The van der Waals surface area contributed by atoms with E-state index in [2.05, 4.69) is 5.32 Å². The second kappa shape index (κ2) is 9.47. The number of rotatable bonds is 7. The van der Waals surface area contributed by atoms with E-state index in [0.29, 0.717) is 11.7 Å². The van der Waals surface area contributed by atoms with Crippen molar-refractivity contribution >= 4 is 17.3 Å². The SMILES string of the molecule is COc1ccc(NC(=O)CN2CCC(Cc3ccc(F)cc3)CC2)c([N+](=O)[O-])c1. The molecule has 2 aromatic carbocycles. The maximum Gasteiger partial charge on any atom is 0.296 e. The van der Waals surface area contributed by atoms with Gasteiger partial charge in [0.1, 0.15) is 17.3 Å². The predicted octanol–water partition coefficient (Wildman–Crippen LogP) is 3.64. The monoisotopic (exact) mass is 401 g/mol. The summed E-state index contributed by atoms with van der Waals surface area (Å²) in [5.41, 5.74) is 1.08. The molecule has 8 heteroatoms. The van der Waals surface area contributed by atoms with E-state index >= 15 is 0 Å². The van der Waals surface area contributed by atoms with Gasteiger partial charge in [0.25, 0.3) is 5.69 Å². The Bertz CT molecular complexity index is 865. The molecule has 7 nitrogen and oxygen atoms in total. The van der Waals surface area contributed by atoms with Gasteiger partial charge in [-0.3, -0.25) is 19.8 Å². The van der Waals surface area contributed by atoms with Crippen molar-refractivity contribution in [3.8, 4) is 5.75 Å². The quantitative estimate of drug-likeness (QED) is 0.566. The lowest BCUT2D eigenvalue weighted by atomic mass is 9.90. The van der Waals surface area contributed by atoms with Crippen LogP contribution in [-0.4, -0.2) is 42.5 Å². The number of amides is 1. The molecule has 2 aromatic rings. The van der Waals surface area contributed by atoms with Gasteiger partial charge in [-0.2, -0.15) is 0 Å². The number of nitro benzene ring substituents is 1. The first-order valence-corrected chi connectivity index (χ1v) is 9.53. The van der Waals surface area contributed by atoms with E-state index in [9.17, 15) is 19.3 Å². The first kappa shape index (κ1) is 20.7. The van der Waals surface area contributed by atoms with Gasteiger partial charge in [-0.25, -0.2) is 4.39 Å². The fourth-order valence-corrected chi connectivity index (χ4v) is 3.59. The molecule has 1 aliphatic heterocycles. The number of anilines is 1. The molecule has 3 rings (SSSR count). The number of ether oxygens (including phenoxy) is 1. The third kappa shape index (κ3) is 5.74. The number of hydrogen-bond acceptors (Lipinski definition) is 5. The number of nitro groups is 1. The number of likely N-dealkylation sites (tertiary alicyclic amines) is 1. The van der Waals surface area contributed by atoms with Crippen molar-refractivity contribution < 1.29 is 18.8 Å². The van der Waals surface area contributed by atoms with Gasteiger partial charge in [0.05, 0.1) is 24.6 Å². The number of carbonyl (C=O) groups excluding carboxylic acids is 1. The van der Waals surface area contributed by atoms with Gasteiger partial charge in [-0.15, -0.1) is 0 Å². The number of benzene rings is 2. The highest BCUT2D eigenvalue weighted by Crippen LogP contribution is 2.29. The van der Waals surface area contributed by atoms with E-state index < -0.39 is 4.92 Å². The summed E-state index contributed by atoms with van der Waals surface area (Å²) in [5, 5.41) is 13.9. The third-order valence-corrected chi connectivity index (χ3v) is 5.19. The molecule has 0 aromatic heterocycles. The van der Waals surface area contributed by atoms with Crippen LogP contribution < -0.4 is 10.1 Å². The van der Waals surface area contributed by atoms with Crippen molar-refractivity contribution in [3.05, 3.63) is 64.0 Å². The molecule has 1 fully saturated rings. The zero-order valence-electron chi connectivity index (χ0n) is 16.3. The molecule has 29 heavy (non-hydrogen) atoms. The van der Waals surface area contributed by atoms with Crippen LogP contribution in [0.3, 0.4) is 0 Å². The Balaban J connectivity index is 1.50. The minimum atomic E-state index is -0.543. The largest absolute Gasteiger partial charge is 0.496 e. The highest BCUT2D eigenvalue weighted by atomic mass is 19.1. The topological polar surface area (TPSA) is 84.7 Å². The van der Waals surface area contributed by atoms with Crippen molar-refractivity contribution in [1.29, 1.82) is 0 Å². The number of nitrogens with zero attached hydrogens (tertiary/aromatic N) is 2. The van der Waals surface area contributed by atoms with E-state index in [1.807, 2.05) is 17.0 Å². The highest BCUT2D eigenvalue weighted by molar-refractivity contribution is 5.94. The van der Waals surface area contributed by atoms with Crippen LogP contribution in [0.2, 0.25) is 0 Å². The number of hydrogen-bond donors (Lipinski definition) is 1. The summed E-state index contributed by atoms with van der Waals surface area (Å²) in [5.74, 6) is 0.349. The van der Waals surface area contributed by atoms with Crippen LogP contribution in [0.4, 0.5) is 15.8 Å². The lowest BCUT2D eigenvalue weighted by molar-refractivity contribution is -0.384. The van der Waals surface area contributed by atoms with E-state index in [0.717, 1.165) is 37.9 Å². The molecule has 0 saturated carbocycles. The maximum absolute atomic E-state index is 13.0. The van der Waals surface area contributed by atoms with Gasteiger partial charge in [-0.1, -0.05) is 12.1 Å². The zero-order chi connectivity index (χ0) is 20.8. The summed E-state index contributed by atoms with van der Waals surface area (Å²) in [6.45, 7) is 1.75. The molecule has 0 radical (unpaired) electrons. The third-order valence-electron chi connectivity index (χ3n) is 5.19. The van der Waals surface area contributed by atoms with Crippen LogP contribution in [-0.2, 0) is 11.2 Å². The number of nitrogens with one attached hydrogen (secondary N) is 1. The molecule has 154 valence electrons. The van der Waals surface area contributed by atoms with Crippen molar-refractivity contribution in [3.63, 3.8) is 0 Å². The van der Waals surface area contributed by atoms with Crippen LogP contribution in [0.5, 0.6) is 5.75 Å². The second-order valence-corrected chi connectivity index (χ2v) is 7.24. The lowest BCUT2D eigenvalue weighted by Gasteiger charge is -2.31. The van der Waals surface area contributed by atoms with Gasteiger partial charge in [0, 0.05) is 0 Å². The predicted molar refractivity (Wildman–Crippen MR) is 108 cm³/mol. The molecule has 0 atom stereocenters. The minimum absolute atomic E-state index is 0.159. The second-order valence-electron chi connectivity index (χ2n) is 7.24. The normalized spacial score (nSPS) is 15.1. The molecular weight excluding hydrogens is 377 g/mol.